The molecule has 0 atom stereocenters. The Morgan fingerprint density at radius 1 is 1.20 bits per heavy atom. The topological polar surface area (TPSA) is 49.3 Å². The summed E-state index contributed by atoms with van der Waals surface area (Å²) in [6, 6.07) is 11.3. The third-order valence-electron chi connectivity index (χ3n) is 3.50. The summed E-state index contributed by atoms with van der Waals surface area (Å²) in [7, 11) is 0. The number of benzene rings is 2. The summed E-state index contributed by atoms with van der Waals surface area (Å²) in [5.41, 5.74) is 0. The van der Waals surface area contributed by atoms with E-state index in [9.17, 15) is 9.90 Å². The largest absolute Gasteiger partial charge is 0.507 e. The molecule has 0 bridgehead atoms. The van der Waals surface area contributed by atoms with Crippen molar-refractivity contribution >= 4 is 28.4 Å². The van der Waals surface area contributed by atoms with Crippen LogP contribution in [-0.2, 0) is 4.79 Å². The van der Waals surface area contributed by atoms with Crippen LogP contribution in [0, 0.1) is 5.92 Å². The Labute approximate surface area is 122 Å². The maximum absolute atomic E-state index is 11.8. The van der Waals surface area contributed by atoms with Gasteiger partial charge in [0.05, 0.1) is 5.75 Å². The molecule has 2 aromatic rings. The second kappa shape index (κ2) is 5.75. The number of phenolic OH excluding ortho intramolecular Hbond substituents is 1. The molecule has 1 saturated carbocycles. The van der Waals surface area contributed by atoms with E-state index < -0.39 is 0 Å². The van der Waals surface area contributed by atoms with Crippen molar-refractivity contribution in [2.45, 2.75) is 17.7 Å². The van der Waals surface area contributed by atoms with Gasteiger partial charge in [-0.3, -0.25) is 4.79 Å². The third-order valence-corrected chi connectivity index (χ3v) is 4.58. The number of hydrogen-bond acceptors (Lipinski definition) is 3. The molecule has 3 nitrogen and oxygen atoms in total. The smallest absolute Gasteiger partial charge is 0.230 e. The Morgan fingerprint density at radius 2 is 1.95 bits per heavy atom. The maximum atomic E-state index is 11.8. The Hall–Kier alpha value is -1.68. The van der Waals surface area contributed by atoms with Gasteiger partial charge in [-0.15, -0.1) is 11.8 Å². The second-order valence-corrected chi connectivity index (χ2v) is 6.18. The average molecular weight is 287 g/mol. The minimum absolute atomic E-state index is 0.0825. The summed E-state index contributed by atoms with van der Waals surface area (Å²) in [6.07, 6.45) is 2.49. The van der Waals surface area contributed by atoms with Gasteiger partial charge < -0.3 is 10.4 Å². The SMILES string of the molecule is O=C(CSc1ccc(O)c2ccccc12)NCC1CC1. The number of hydrogen-bond donors (Lipinski definition) is 2. The van der Waals surface area contributed by atoms with Crippen LogP contribution in [0.15, 0.2) is 41.3 Å². The molecular weight excluding hydrogens is 270 g/mol. The van der Waals surface area contributed by atoms with Gasteiger partial charge in [-0.05, 0) is 36.3 Å². The Balaban J connectivity index is 1.67. The first-order chi connectivity index (χ1) is 9.74. The van der Waals surface area contributed by atoms with Gasteiger partial charge in [-0.2, -0.15) is 0 Å². The van der Waals surface area contributed by atoms with Crippen molar-refractivity contribution in [1.29, 1.82) is 0 Å². The number of aromatic hydroxyl groups is 1. The number of phenols is 1. The quantitative estimate of drug-likeness (QED) is 0.831. The van der Waals surface area contributed by atoms with Crippen LogP contribution < -0.4 is 5.32 Å². The van der Waals surface area contributed by atoms with Gasteiger partial charge in [0, 0.05) is 16.8 Å². The Morgan fingerprint density at radius 3 is 2.70 bits per heavy atom. The minimum Gasteiger partial charge on any atom is -0.507 e. The minimum atomic E-state index is 0.0825. The fraction of sp³-hybridized carbons (Fsp3) is 0.312. The molecule has 4 heteroatoms. The van der Waals surface area contributed by atoms with Gasteiger partial charge in [0.2, 0.25) is 5.91 Å². The van der Waals surface area contributed by atoms with Gasteiger partial charge in [0.15, 0.2) is 0 Å². The van der Waals surface area contributed by atoms with E-state index in [4.69, 9.17) is 0 Å². The summed E-state index contributed by atoms with van der Waals surface area (Å²) in [4.78, 5) is 12.8. The zero-order chi connectivity index (χ0) is 13.9. The van der Waals surface area contributed by atoms with E-state index in [0.29, 0.717) is 11.7 Å². The molecule has 20 heavy (non-hydrogen) atoms. The number of amides is 1. The van der Waals surface area contributed by atoms with Crippen LogP contribution in [0.5, 0.6) is 5.75 Å². The zero-order valence-corrected chi connectivity index (χ0v) is 12.0. The van der Waals surface area contributed by atoms with Crippen molar-refractivity contribution in [3.8, 4) is 5.75 Å². The molecule has 0 aromatic heterocycles. The van der Waals surface area contributed by atoms with Crippen LogP contribution in [0.25, 0.3) is 10.8 Å². The van der Waals surface area contributed by atoms with Gasteiger partial charge in [-0.25, -0.2) is 0 Å². The van der Waals surface area contributed by atoms with Crippen LogP contribution in [0.4, 0.5) is 0 Å². The van der Waals surface area contributed by atoms with Crippen LogP contribution in [0.2, 0.25) is 0 Å². The molecule has 0 saturated heterocycles. The van der Waals surface area contributed by atoms with Crippen LogP contribution in [0.1, 0.15) is 12.8 Å². The molecule has 3 rings (SSSR count). The zero-order valence-electron chi connectivity index (χ0n) is 11.1. The molecule has 2 N–H and O–H groups in total. The highest BCUT2D eigenvalue weighted by Crippen LogP contribution is 2.33. The Kier molecular flexibility index (Phi) is 3.83. The first kappa shape index (κ1) is 13.3. The first-order valence-electron chi connectivity index (χ1n) is 6.84. The van der Waals surface area contributed by atoms with Crippen molar-refractivity contribution in [3.63, 3.8) is 0 Å². The van der Waals surface area contributed by atoms with Crippen molar-refractivity contribution in [2.75, 3.05) is 12.3 Å². The summed E-state index contributed by atoms with van der Waals surface area (Å²) < 4.78 is 0. The number of carbonyl (C=O) groups excluding carboxylic acids is 1. The molecular formula is C16H17NO2S. The van der Waals surface area contributed by atoms with E-state index in [1.54, 1.807) is 6.07 Å². The number of rotatable bonds is 5. The monoisotopic (exact) mass is 287 g/mol. The van der Waals surface area contributed by atoms with Crippen molar-refractivity contribution in [2.24, 2.45) is 5.92 Å². The third kappa shape index (κ3) is 3.07. The van der Waals surface area contributed by atoms with E-state index in [0.717, 1.165) is 22.2 Å². The fourth-order valence-electron chi connectivity index (χ4n) is 2.16. The molecule has 0 unspecified atom stereocenters. The highest BCUT2D eigenvalue weighted by Gasteiger charge is 2.21. The lowest BCUT2D eigenvalue weighted by molar-refractivity contribution is -0.118. The van der Waals surface area contributed by atoms with Gasteiger partial charge in [0.25, 0.3) is 0 Å². The normalized spacial score (nSPS) is 14.4. The molecule has 0 aliphatic heterocycles. The van der Waals surface area contributed by atoms with Crippen molar-refractivity contribution in [1.82, 2.24) is 5.32 Å². The van der Waals surface area contributed by atoms with Gasteiger partial charge >= 0.3 is 0 Å². The summed E-state index contributed by atoms with van der Waals surface area (Å²) >= 11 is 1.52. The predicted molar refractivity (Wildman–Crippen MR) is 82.1 cm³/mol. The van der Waals surface area contributed by atoms with Crippen LogP contribution >= 0.6 is 11.8 Å². The number of thioether (sulfide) groups is 1. The standard InChI is InChI=1S/C16H17NO2S/c18-14-7-8-15(13-4-2-1-3-12(13)14)20-10-16(19)17-9-11-5-6-11/h1-4,7-8,11,18H,5-6,9-10H2,(H,17,19). The molecule has 1 aliphatic carbocycles. The van der Waals surface area contributed by atoms with Crippen LogP contribution in [0.3, 0.4) is 0 Å². The molecule has 1 fully saturated rings. The van der Waals surface area contributed by atoms with E-state index in [2.05, 4.69) is 5.32 Å². The average Bonchev–Trinajstić information content (AvgIpc) is 3.29. The molecule has 0 radical (unpaired) electrons. The maximum Gasteiger partial charge on any atom is 0.230 e. The van der Waals surface area contributed by atoms with Gasteiger partial charge in [-0.1, -0.05) is 24.3 Å². The lowest BCUT2D eigenvalue weighted by atomic mass is 10.1. The number of carbonyl (C=O) groups is 1. The van der Waals surface area contributed by atoms with E-state index in [1.807, 2.05) is 30.3 Å². The Bertz CT molecular complexity index is 637. The number of nitrogens with one attached hydrogen (secondary N) is 1. The molecule has 1 aliphatic rings. The van der Waals surface area contributed by atoms with Crippen molar-refractivity contribution < 1.29 is 9.90 Å². The van der Waals surface area contributed by atoms with E-state index >= 15 is 0 Å². The molecule has 1 amide bonds. The van der Waals surface area contributed by atoms with E-state index in [1.165, 1.54) is 24.6 Å². The van der Waals surface area contributed by atoms with Gasteiger partial charge in [0.1, 0.15) is 5.75 Å². The summed E-state index contributed by atoms with van der Waals surface area (Å²) in [5, 5.41) is 14.6. The highest BCUT2D eigenvalue weighted by molar-refractivity contribution is 8.00. The summed E-state index contributed by atoms with van der Waals surface area (Å²) in [6.45, 7) is 0.815. The molecule has 104 valence electrons. The molecule has 0 heterocycles. The number of fused-ring (bicyclic) bond motifs is 1. The predicted octanol–water partition coefficient (Wildman–Crippen LogP) is 3.16. The summed E-state index contributed by atoms with van der Waals surface area (Å²) in [5.74, 6) is 1.49. The fourth-order valence-corrected chi connectivity index (χ4v) is 3.04. The lowest BCUT2D eigenvalue weighted by Crippen LogP contribution is -2.27. The van der Waals surface area contributed by atoms with E-state index in [-0.39, 0.29) is 11.7 Å². The van der Waals surface area contributed by atoms with Crippen LogP contribution in [-0.4, -0.2) is 23.3 Å². The molecule has 0 spiro atoms. The second-order valence-electron chi connectivity index (χ2n) is 5.16. The van der Waals surface area contributed by atoms with Crippen molar-refractivity contribution in [3.05, 3.63) is 36.4 Å². The lowest BCUT2D eigenvalue weighted by Gasteiger charge is -2.08. The highest BCUT2D eigenvalue weighted by atomic mass is 32.2. The molecule has 2 aromatic carbocycles. The first-order valence-corrected chi connectivity index (χ1v) is 7.83.